The third-order valence-electron chi connectivity index (χ3n) is 5.90. The highest BCUT2D eigenvalue weighted by atomic mass is 32.1. The summed E-state index contributed by atoms with van der Waals surface area (Å²) in [4.78, 5) is 16.1. The lowest BCUT2D eigenvalue weighted by atomic mass is 9.76. The average molecular weight is 427 g/mol. The van der Waals surface area contributed by atoms with E-state index in [9.17, 15) is 15.3 Å². The highest BCUT2D eigenvalue weighted by molar-refractivity contribution is 7.10. The molecule has 3 aromatic rings. The predicted octanol–water partition coefficient (Wildman–Crippen LogP) is 6.31. The van der Waals surface area contributed by atoms with Crippen molar-refractivity contribution in [1.29, 1.82) is 5.41 Å². The van der Waals surface area contributed by atoms with Crippen molar-refractivity contribution in [2.24, 2.45) is 0 Å². The highest BCUT2D eigenvalue weighted by Gasteiger charge is 2.43. The van der Waals surface area contributed by atoms with Crippen molar-refractivity contribution < 1.29 is 9.90 Å². The summed E-state index contributed by atoms with van der Waals surface area (Å²) in [6.45, 7) is 0. The molecule has 1 aliphatic carbocycles. The van der Waals surface area contributed by atoms with Crippen LogP contribution in [-0.4, -0.2) is 16.7 Å². The zero-order valence-electron chi connectivity index (χ0n) is 16.9. The number of Topliss-reactive ketones (excluding diaryl/α,β-unsaturated/α-hetero) is 1. The van der Waals surface area contributed by atoms with E-state index in [1.807, 2.05) is 83.1 Å². The molecule has 0 radical (unpaired) electrons. The van der Waals surface area contributed by atoms with E-state index in [0.29, 0.717) is 23.1 Å². The molecule has 1 atom stereocenters. The lowest BCUT2D eigenvalue weighted by Crippen LogP contribution is -2.42. The Bertz CT molecular complexity index is 1190. The summed E-state index contributed by atoms with van der Waals surface area (Å²) in [5.41, 5.74) is 3.55. The van der Waals surface area contributed by atoms with Gasteiger partial charge in [0.1, 0.15) is 11.6 Å². The number of aliphatic hydroxyl groups is 1. The smallest absolute Gasteiger partial charge is 0.161 e. The van der Waals surface area contributed by atoms with Crippen LogP contribution < -0.4 is 4.90 Å². The van der Waals surface area contributed by atoms with Gasteiger partial charge in [0.05, 0.1) is 11.5 Å². The first kappa shape index (κ1) is 19.5. The van der Waals surface area contributed by atoms with Crippen LogP contribution in [0.4, 0.5) is 5.69 Å². The predicted molar refractivity (Wildman–Crippen MR) is 126 cm³/mol. The number of carbonyl (C=O) groups excluding carboxylic acids is 1. The number of anilines is 1. The van der Waals surface area contributed by atoms with Gasteiger partial charge in [-0.3, -0.25) is 15.1 Å². The molecule has 0 saturated heterocycles. The number of carbonyl (C=O) groups is 1. The fourth-order valence-corrected chi connectivity index (χ4v) is 5.39. The standard InChI is InChI=1S/C26H22N2O2S/c27-26-24(25(30)17-9-3-1-4-10-17)23(21-15-8-16-31-21)22-19(13-7-14-20(22)29)28(26)18-11-5-2-6-12-18/h1-6,8-12,15-16,23,27,30H,7,13-14H2/b25-24+,27-26?/t23-/m0/s1. The van der Waals surface area contributed by atoms with Crippen molar-refractivity contribution in [3.05, 3.63) is 105 Å². The number of allylic oxidation sites excluding steroid dienone is 2. The molecular formula is C26H22N2O2S. The van der Waals surface area contributed by atoms with E-state index in [4.69, 9.17) is 0 Å². The van der Waals surface area contributed by atoms with Gasteiger partial charge < -0.3 is 5.11 Å². The maximum absolute atomic E-state index is 13.3. The first-order valence-electron chi connectivity index (χ1n) is 10.4. The Morgan fingerprint density at radius 3 is 2.35 bits per heavy atom. The molecule has 5 rings (SSSR count). The van der Waals surface area contributed by atoms with Crippen LogP contribution in [-0.2, 0) is 4.79 Å². The molecule has 2 N–H and O–H groups in total. The molecule has 0 saturated carbocycles. The van der Waals surface area contributed by atoms with Gasteiger partial charge in [0.15, 0.2) is 5.78 Å². The molecule has 0 fully saturated rings. The van der Waals surface area contributed by atoms with Gasteiger partial charge in [-0.2, -0.15) is 0 Å². The first-order chi connectivity index (χ1) is 15.2. The SMILES string of the molecule is N=C1/C(=C(/O)c2ccccc2)[C@@H](c2cccs2)C2=C(CCCC2=O)N1c1ccccc1. The minimum absolute atomic E-state index is 0.0508. The van der Waals surface area contributed by atoms with Crippen molar-refractivity contribution in [1.82, 2.24) is 0 Å². The van der Waals surface area contributed by atoms with Crippen LogP contribution in [0.1, 0.15) is 35.6 Å². The first-order valence-corrected chi connectivity index (χ1v) is 11.3. The van der Waals surface area contributed by atoms with Gasteiger partial charge in [0.25, 0.3) is 0 Å². The van der Waals surface area contributed by atoms with Crippen molar-refractivity contribution in [3.63, 3.8) is 0 Å². The van der Waals surface area contributed by atoms with E-state index in [2.05, 4.69) is 0 Å². The van der Waals surface area contributed by atoms with Gasteiger partial charge in [0.2, 0.25) is 0 Å². The van der Waals surface area contributed by atoms with E-state index in [0.717, 1.165) is 29.1 Å². The van der Waals surface area contributed by atoms with Crippen molar-refractivity contribution in [3.8, 4) is 0 Å². The molecule has 5 heteroatoms. The molecule has 0 bridgehead atoms. The van der Waals surface area contributed by atoms with Gasteiger partial charge in [0, 0.05) is 33.8 Å². The Hall–Kier alpha value is -3.44. The second-order valence-corrected chi connectivity index (χ2v) is 8.71. The van der Waals surface area contributed by atoms with Gasteiger partial charge in [-0.05, 0) is 36.4 Å². The fraction of sp³-hybridized carbons (Fsp3) is 0.154. The average Bonchev–Trinajstić information content (AvgIpc) is 3.34. The number of para-hydroxylation sites is 1. The number of rotatable bonds is 3. The van der Waals surface area contributed by atoms with E-state index in [-0.39, 0.29) is 17.4 Å². The van der Waals surface area contributed by atoms with Crippen LogP contribution in [0.2, 0.25) is 0 Å². The molecule has 2 heterocycles. The minimum Gasteiger partial charge on any atom is -0.507 e. The summed E-state index contributed by atoms with van der Waals surface area (Å²) in [6, 6.07) is 22.9. The number of thiophene rings is 1. The minimum atomic E-state index is -0.435. The van der Waals surface area contributed by atoms with E-state index < -0.39 is 5.92 Å². The van der Waals surface area contributed by atoms with Crippen LogP contribution in [0.5, 0.6) is 0 Å². The molecule has 4 nitrogen and oxygen atoms in total. The maximum Gasteiger partial charge on any atom is 0.161 e. The molecule has 154 valence electrons. The van der Waals surface area contributed by atoms with E-state index >= 15 is 0 Å². The Morgan fingerprint density at radius 1 is 0.968 bits per heavy atom. The van der Waals surface area contributed by atoms with Crippen LogP contribution >= 0.6 is 11.3 Å². The van der Waals surface area contributed by atoms with Crippen LogP contribution in [0.15, 0.2) is 95.0 Å². The van der Waals surface area contributed by atoms with Crippen molar-refractivity contribution in [2.45, 2.75) is 25.2 Å². The summed E-state index contributed by atoms with van der Waals surface area (Å²) < 4.78 is 0. The summed E-state index contributed by atoms with van der Waals surface area (Å²) in [6.07, 6.45) is 2.00. The zero-order valence-corrected chi connectivity index (χ0v) is 17.7. The van der Waals surface area contributed by atoms with Crippen molar-refractivity contribution >= 4 is 34.4 Å². The summed E-state index contributed by atoms with van der Waals surface area (Å²) in [5.74, 6) is -0.0591. The molecule has 2 aromatic carbocycles. The van der Waals surface area contributed by atoms with Gasteiger partial charge in [-0.15, -0.1) is 11.3 Å². The monoisotopic (exact) mass is 426 g/mol. The third-order valence-corrected chi connectivity index (χ3v) is 6.84. The molecule has 0 spiro atoms. The molecular weight excluding hydrogens is 404 g/mol. The summed E-state index contributed by atoms with van der Waals surface area (Å²) >= 11 is 1.56. The van der Waals surface area contributed by atoms with Crippen molar-refractivity contribution in [2.75, 3.05) is 4.90 Å². The Balaban J connectivity index is 1.82. The number of nitrogens with one attached hydrogen (secondary N) is 1. The summed E-state index contributed by atoms with van der Waals surface area (Å²) in [7, 11) is 0. The molecule has 2 aliphatic rings. The van der Waals surface area contributed by atoms with Crippen LogP contribution in [0.3, 0.4) is 0 Å². The molecule has 0 unspecified atom stereocenters. The topological polar surface area (TPSA) is 64.4 Å². The zero-order chi connectivity index (χ0) is 21.4. The number of hydrogen-bond acceptors (Lipinski definition) is 4. The normalized spacial score (nSPS) is 20.6. The second-order valence-electron chi connectivity index (χ2n) is 7.73. The Kier molecular flexibility index (Phi) is 5.04. The Morgan fingerprint density at radius 2 is 1.68 bits per heavy atom. The molecule has 1 aromatic heterocycles. The number of hydrogen-bond donors (Lipinski definition) is 2. The highest BCUT2D eigenvalue weighted by Crippen LogP contribution is 2.48. The van der Waals surface area contributed by atoms with Gasteiger partial charge >= 0.3 is 0 Å². The van der Waals surface area contributed by atoms with E-state index in [1.54, 1.807) is 11.3 Å². The summed E-state index contributed by atoms with van der Waals surface area (Å²) in [5, 5.41) is 22.6. The lowest BCUT2D eigenvalue weighted by Gasteiger charge is -2.41. The van der Waals surface area contributed by atoms with Gasteiger partial charge in [-0.25, -0.2) is 0 Å². The third kappa shape index (κ3) is 3.31. The number of nitrogens with zero attached hydrogens (tertiary/aromatic N) is 1. The number of amidine groups is 1. The lowest BCUT2D eigenvalue weighted by molar-refractivity contribution is -0.116. The van der Waals surface area contributed by atoms with E-state index in [1.165, 1.54) is 0 Å². The van der Waals surface area contributed by atoms with Crippen LogP contribution in [0.25, 0.3) is 5.76 Å². The Labute approximate surface area is 185 Å². The fourth-order valence-electron chi connectivity index (χ4n) is 4.55. The number of benzene rings is 2. The molecule has 31 heavy (non-hydrogen) atoms. The second kappa shape index (κ2) is 8.00. The molecule has 1 aliphatic heterocycles. The molecule has 0 amide bonds. The van der Waals surface area contributed by atoms with Crippen LogP contribution in [0, 0.1) is 5.41 Å². The number of aliphatic hydroxyl groups excluding tert-OH is 1. The quantitative estimate of drug-likeness (QED) is 0.483. The number of ketones is 1. The van der Waals surface area contributed by atoms with Gasteiger partial charge in [-0.1, -0.05) is 54.6 Å². The maximum atomic E-state index is 13.3. The largest absolute Gasteiger partial charge is 0.507 e.